The Bertz CT molecular complexity index is 385. The van der Waals surface area contributed by atoms with Gasteiger partial charge in [-0.3, -0.25) is 0 Å². The Labute approximate surface area is 119 Å². The summed E-state index contributed by atoms with van der Waals surface area (Å²) in [6, 6.07) is 7.37. The van der Waals surface area contributed by atoms with E-state index in [1.165, 1.54) is 23.2 Å². The Morgan fingerprint density at radius 1 is 1.21 bits per heavy atom. The molecule has 0 aliphatic rings. The smallest absolute Gasteiger partial charge is 0.0396 e. The van der Waals surface area contributed by atoms with Crippen molar-refractivity contribution in [3.8, 4) is 0 Å². The van der Waals surface area contributed by atoms with E-state index in [1.54, 1.807) is 0 Å². The van der Waals surface area contributed by atoms with E-state index in [-0.39, 0.29) is 0 Å². The zero-order valence-corrected chi connectivity index (χ0v) is 13.5. The molecule has 0 spiro atoms. The first-order chi connectivity index (χ1) is 8.97. The predicted molar refractivity (Wildman–Crippen MR) is 85.9 cm³/mol. The van der Waals surface area contributed by atoms with Gasteiger partial charge in [-0.2, -0.15) is 0 Å². The summed E-state index contributed by atoms with van der Waals surface area (Å²) in [6.45, 7) is 13.3. The Kier molecular flexibility index (Phi) is 6.36. The number of nitrogens with zero attached hydrogens (tertiary/aromatic N) is 1. The number of nitrogens with one attached hydrogen (secondary N) is 1. The van der Waals surface area contributed by atoms with Crippen LogP contribution in [0.2, 0.25) is 0 Å². The van der Waals surface area contributed by atoms with Crippen molar-refractivity contribution in [1.29, 1.82) is 0 Å². The lowest BCUT2D eigenvalue weighted by molar-refractivity contribution is 0.505. The quantitative estimate of drug-likeness (QED) is 0.748. The molecule has 0 aliphatic heterocycles. The van der Waals surface area contributed by atoms with E-state index >= 15 is 0 Å². The molecule has 0 saturated heterocycles. The van der Waals surface area contributed by atoms with Gasteiger partial charge in [-0.15, -0.1) is 0 Å². The number of hydrogen-bond acceptors (Lipinski definition) is 2. The van der Waals surface area contributed by atoms with Crippen LogP contribution in [0.25, 0.3) is 0 Å². The zero-order chi connectivity index (χ0) is 14.4. The molecule has 0 amide bonds. The summed E-state index contributed by atoms with van der Waals surface area (Å²) in [5.74, 6) is 0.662. The van der Waals surface area contributed by atoms with E-state index in [0.29, 0.717) is 12.0 Å². The predicted octanol–water partition coefficient (Wildman–Crippen LogP) is 3.98. The molecule has 0 saturated carbocycles. The second-order valence-electron chi connectivity index (χ2n) is 5.89. The normalized spacial score (nSPS) is 12.8. The van der Waals surface area contributed by atoms with Gasteiger partial charge in [0.1, 0.15) is 0 Å². The first-order valence-electron chi connectivity index (χ1n) is 7.50. The maximum atomic E-state index is 3.45. The molecule has 0 radical (unpaired) electrons. The van der Waals surface area contributed by atoms with Crippen molar-refractivity contribution in [3.05, 3.63) is 29.3 Å². The van der Waals surface area contributed by atoms with Crippen molar-refractivity contribution >= 4 is 5.69 Å². The first kappa shape index (κ1) is 16.0. The van der Waals surface area contributed by atoms with Gasteiger partial charge in [-0.1, -0.05) is 32.9 Å². The maximum Gasteiger partial charge on any atom is 0.0396 e. The summed E-state index contributed by atoms with van der Waals surface area (Å²) in [4.78, 5) is 2.39. The fraction of sp³-hybridized carbons (Fsp3) is 0.647. The number of hydrogen-bond donors (Lipinski definition) is 1. The van der Waals surface area contributed by atoms with Crippen molar-refractivity contribution in [1.82, 2.24) is 5.32 Å². The molecular formula is C17H30N2. The number of benzene rings is 1. The van der Waals surface area contributed by atoms with Crippen molar-refractivity contribution in [2.24, 2.45) is 5.92 Å². The molecule has 108 valence electrons. The summed E-state index contributed by atoms with van der Waals surface area (Å²) in [5.41, 5.74) is 4.09. The molecule has 1 aromatic rings. The highest BCUT2D eigenvalue weighted by Gasteiger charge is 2.15. The molecule has 0 aliphatic carbocycles. The molecule has 1 unspecified atom stereocenters. The third-order valence-corrected chi connectivity index (χ3v) is 3.97. The Morgan fingerprint density at radius 2 is 1.89 bits per heavy atom. The van der Waals surface area contributed by atoms with Crippen molar-refractivity contribution in [2.75, 3.05) is 18.5 Å². The molecule has 1 N–H and O–H groups in total. The highest BCUT2D eigenvalue weighted by molar-refractivity contribution is 5.54. The van der Waals surface area contributed by atoms with Crippen molar-refractivity contribution in [3.63, 3.8) is 0 Å². The van der Waals surface area contributed by atoms with Crippen LogP contribution >= 0.6 is 0 Å². The fourth-order valence-electron chi connectivity index (χ4n) is 2.30. The van der Waals surface area contributed by atoms with Gasteiger partial charge in [0.15, 0.2) is 0 Å². The standard InChI is InChI=1S/C17H30N2/c1-7-10-18-12-16-8-9-17(14(4)11-16)19(6)15(5)13(2)3/h8-9,11,13,15,18H,7,10,12H2,1-6H3. The Morgan fingerprint density at radius 3 is 2.42 bits per heavy atom. The summed E-state index contributed by atoms with van der Waals surface area (Å²) in [6.07, 6.45) is 1.19. The van der Waals surface area contributed by atoms with E-state index in [1.807, 2.05) is 0 Å². The molecule has 2 nitrogen and oxygen atoms in total. The minimum atomic E-state index is 0.558. The maximum absolute atomic E-state index is 3.45. The monoisotopic (exact) mass is 262 g/mol. The molecular weight excluding hydrogens is 232 g/mol. The fourth-order valence-corrected chi connectivity index (χ4v) is 2.30. The number of aryl methyl sites for hydroxylation is 1. The topological polar surface area (TPSA) is 15.3 Å². The van der Waals surface area contributed by atoms with Gasteiger partial charge >= 0.3 is 0 Å². The van der Waals surface area contributed by atoms with Gasteiger partial charge in [0.2, 0.25) is 0 Å². The van der Waals surface area contributed by atoms with Gasteiger partial charge in [0.25, 0.3) is 0 Å². The molecule has 0 fully saturated rings. The lowest BCUT2D eigenvalue weighted by Gasteiger charge is -2.31. The van der Waals surface area contributed by atoms with Gasteiger partial charge in [-0.05, 0) is 49.9 Å². The van der Waals surface area contributed by atoms with E-state index in [2.05, 4.69) is 70.1 Å². The van der Waals surface area contributed by atoms with Crippen LogP contribution in [0.3, 0.4) is 0 Å². The third kappa shape index (κ3) is 4.54. The molecule has 1 rings (SSSR count). The van der Waals surface area contributed by atoms with Crippen LogP contribution in [-0.4, -0.2) is 19.6 Å². The van der Waals surface area contributed by atoms with Gasteiger partial charge in [-0.25, -0.2) is 0 Å². The average molecular weight is 262 g/mol. The van der Waals surface area contributed by atoms with Crippen LogP contribution in [0.15, 0.2) is 18.2 Å². The minimum Gasteiger partial charge on any atom is -0.371 e. The van der Waals surface area contributed by atoms with Crippen LogP contribution in [0.1, 0.15) is 45.2 Å². The highest BCUT2D eigenvalue weighted by atomic mass is 15.1. The third-order valence-electron chi connectivity index (χ3n) is 3.97. The molecule has 2 heteroatoms. The van der Waals surface area contributed by atoms with Gasteiger partial charge in [0.05, 0.1) is 0 Å². The average Bonchev–Trinajstić information content (AvgIpc) is 2.37. The number of rotatable bonds is 7. The summed E-state index contributed by atoms with van der Waals surface area (Å²) >= 11 is 0. The van der Waals surface area contributed by atoms with E-state index in [9.17, 15) is 0 Å². The summed E-state index contributed by atoms with van der Waals surface area (Å²) in [5, 5.41) is 3.45. The molecule has 0 heterocycles. The van der Waals surface area contributed by atoms with Crippen molar-refractivity contribution in [2.45, 2.75) is 53.6 Å². The Hall–Kier alpha value is -1.02. The van der Waals surface area contributed by atoms with Crippen LogP contribution in [0.5, 0.6) is 0 Å². The largest absolute Gasteiger partial charge is 0.371 e. The van der Waals surface area contributed by atoms with Gasteiger partial charge in [0, 0.05) is 25.3 Å². The molecule has 0 bridgehead atoms. The lowest BCUT2D eigenvalue weighted by Crippen LogP contribution is -2.33. The minimum absolute atomic E-state index is 0.558. The zero-order valence-electron chi connectivity index (χ0n) is 13.5. The SMILES string of the molecule is CCCNCc1ccc(N(C)C(C)C(C)C)c(C)c1. The second kappa shape index (κ2) is 7.54. The molecule has 19 heavy (non-hydrogen) atoms. The van der Waals surface area contributed by atoms with Gasteiger partial charge < -0.3 is 10.2 Å². The van der Waals surface area contributed by atoms with Crippen LogP contribution in [0.4, 0.5) is 5.69 Å². The molecule has 0 aromatic heterocycles. The van der Waals surface area contributed by atoms with E-state index in [4.69, 9.17) is 0 Å². The van der Waals surface area contributed by atoms with Crippen LogP contribution < -0.4 is 10.2 Å². The Balaban J connectivity index is 2.76. The molecule has 1 aromatic carbocycles. The molecule has 1 atom stereocenters. The number of anilines is 1. The van der Waals surface area contributed by atoms with Crippen LogP contribution in [0, 0.1) is 12.8 Å². The summed E-state index contributed by atoms with van der Waals surface area (Å²) in [7, 11) is 2.20. The second-order valence-corrected chi connectivity index (χ2v) is 5.89. The van der Waals surface area contributed by atoms with E-state index in [0.717, 1.165) is 13.1 Å². The summed E-state index contributed by atoms with van der Waals surface area (Å²) < 4.78 is 0. The highest BCUT2D eigenvalue weighted by Crippen LogP contribution is 2.24. The van der Waals surface area contributed by atoms with Crippen molar-refractivity contribution < 1.29 is 0 Å². The first-order valence-corrected chi connectivity index (χ1v) is 7.50. The lowest BCUT2D eigenvalue weighted by atomic mass is 10.0. The van der Waals surface area contributed by atoms with Crippen LogP contribution in [-0.2, 0) is 6.54 Å². The van der Waals surface area contributed by atoms with E-state index < -0.39 is 0 Å².